The van der Waals surface area contributed by atoms with Gasteiger partial charge in [-0.25, -0.2) is 4.79 Å². The number of rotatable bonds is 1. The molecule has 60 valence electrons. The van der Waals surface area contributed by atoms with Crippen LogP contribution in [0.4, 0.5) is 0 Å². The van der Waals surface area contributed by atoms with Crippen molar-refractivity contribution in [2.75, 3.05) is 0 Å². The Bertz CT molecular complexity index is 232. The lowest BCUT2D eigenvalue weighted by Gasteiger charge is -2.03. The molecule has 0 aromatic heterocycles. The Hall–Kier alpha value is -1.05. The fourth-order valence-electron chi connectivity index (χ4n) is 1.02. The van der Waals surface area contributed by atoms with E-state index in [1.165, 1.54) is 11.6 Å². The summed E-state index contributed by atoms with van der Waals surface area (Å²) in [6.45, 7) is 5.86. The summed E-state index contributed by atoms with van der Waals surface area (Å²) in [7, 11) is 0. The van der Waals surface area contributed by atoms with Crippen molar-refractivity contribution in [1.29, 1.82) is 0 Å². The molecule has 1 aliphatic heterocycles. The van der Waals surface area contributed by atoms with E-state index in [-0.39, 0.29) is 12.1 Å². The summed E-state index contributed by atoms with van der Waals surface area (Å²) >= 11 is 0. The lowest BCUT2D eigenvalue weighted by atomic mass is 10.1. The van der Waals surface area contributed by atoms with Gasteiger partial charge in [-0.2, -0.15) is 0 Å². The van der Waals surface area contributed by atoms with Crippen molar-refractivity contribution in [3.8, 4) is 0 Å². The summed E-state index contributed by atoms with van der Waals surface area (Å²) < 4.78 is 4.90. The molecule has 0 aliphatic carbocycles. The lowest BCUT2D eigenvalue weighted by molar-refractivity contribution is -0.138. The molecule has 2 heteroatoms. The zero-order valence-electron chi connectivity index (χ0n) is 7.05. The minimum absolute atomic E-state index is 0.0719. The molecule has 0 amide bonds. The summed E-state index contributed by atoms with van der Waals surface area (Å²) in [4.78, 5) is 10.7. The number of esters is 1. The van der Waals surface area contributed by atoms with E-state index in [0.29, 0.717) is 0 Å². The summed E-state index contributed by atoms with van der Waals surface area (Å²) in [5, 5.41) is 0. The smallest absolute Gasteiger partial charge is 0.331 e. The van der Waals surface area contributed by atoms with E-state index in [1.54, 1.807) is 0 Å². The first-order valence-corrected chi connectivity index (χ1v) is 3.66. The summed E-state index contributed by atoms with van der Waals surface area (Å²) in [5.41, 5.74) is 2.15. The van der Waals surface area contributed by atoms with E-state index in [4.69, 9.17) is 4.74 Å². The van der Waals surface area contributed by atoms with E-state index in [1.807, 2.05) is 26.8 Å². The number of carbonyl (C=O) groups is 1. The molecule has 0 bridgehead atoms. The van der Waals surface area contributed by atoms with E-state index in [9.17, 15) is 4.79 Å². The highest BCUT2D eigenvalue weighted by Crippen LogP contribution is 2.17. The first-order chi connectivity index (χ1) is 5.09. The molecule has 0 saturated carbocycles. The largest absolute Gasteiger partial charge is 0.455 e. The maximum absolute atomic E-state index is 10.7. The highest BCUT2D eigenvalue weighted by molar-refractivity contribution is 5.86. The van der Waals surface area contributed by atoms with Gasteiger partial charge >= 0.3 is 5.97 Å². The highest BCUT2D eigenvalue weighted by Gasteiger charge is 2.19. The van der Waals surface area contributed by atoms with E-state index in [0.717, 1.165) is 5.57 Å². The Balaban J connectivity index is 2.80. The van der Waals surface area contributed by atoms with E-state index >= 15 is 0 Å². The summed E-state index contributed by atoms with van der Waals surface area (Å²) in [6, 6.07) is 0. The molecule has 1 rings (SSSR count). The Morgan fingerprint density at radius 2 is 2.27 bits per heavy atom. The molecular weight excluding hydrogens is 140 g/mol. The van der Waals surface area contributed by atoms with Crippen LogP contribution in [-0.4, -0.2) is 12.1 Å². The van der Waals surface area contributed by atoms with E-state index in [2.05, 4.69) is 0 Å². The van der Waals surface area contributed by atoms with Gasteiger partial charge in [0.15, 0.2) is 0 Å². The number of allylic oxidation sites excluding steroid dienone is 1. The van der Waals surface area contributed by atoms with Crippen LogP contribution in [0.15, 0.2) is 23.3 Å². The zero-order chi connectivity index (χ0) is 8.43. The van der Waals surface area contributed by atoms with Crippen LogP contribution < -0.4 is 0 Å². The van der Waals surface area contributed by atoms with Crippen molar-refractivity contribution in [3.63, 3.8) is 0 Å². The second kappa shape index (κ2) is 2.91. The van der Waals surface area contributed by atoms with Crippen LogP contribution in [0.1, 0.15) is 20.8 Å². The third-order valence-electron chi connectivity index (χ3n) is 1.50. The summed E-state index contributed by atoms with van der Waals surface area (Å²) in [5.74, 6) is -0.231. The first-order valence-electron chi connectivity index (χ1n) is 3.66. The maximum Gasteiger partial charge on any atom is 0.331 e. The second-order valence-electron chi connectivity index (χ2n) is 2.95. The fourth-order valence-corrected chi connectivity index (χ4v) is 1.02. The highest BCUT2D eigenvalue weighted by atomic mass is 16.5. The third-order valence-corrected chi connectivity index (χ3v) is 1.50. The second-order valence-corrected chi connectivity index (χ2v) is 2.95. The van der Waals surface area contributed by atoms with Gasteiger partial charge < -0.3 is 4.74 Å². The molecule has 0 aromatic rings. The molecule has 1 unspecified atom stereocenters. The van der Waals surface area contributed by atoms with Gasteiger partial charge in [0, 0.05) is 6.08 Å². The lowest BCUT2D eigenvalue weighted by Crippen LogP contribution is -2.04. The molecule has 0 N–H and O–H groups in total. The molecule has 0 spiro atoms. The monoisotopic (exact) mass is 152 g/mol. The van der Waals surface area contributed by atoms with Crippen molar-refractivity contribution >= 4 is 5.97 Å². The molecular formula is C9H12O2. The minimum atomic E-state index is -0.231. The van der Waals surface area contributed by atoms with Crippen LogP contribution >= 0.6 is 0 Å². The minimum Gasteiger partial charge on any atom is -0.455 e. The van der Waals surface area contributed by atoms with Gasteiger partial charge in [0.05, 0.1) is 0 Å². The van der Waals surface area contributed by atoms with Gasteiger partial charge in [-0.1, -0.05) is 11.6 Å². The molecule has 1 heterocycles. The van der Waals surface area contributed by atoms with Crippen molar-refractivity contribution in [2.45, 2.75) is 26.9 Å². The molecule has 0 aromatic carbocycles. The van der Waals surface area contributed by atoms with Crippen LogP contribution in [0, 0.1) is 0 Å². The van der Waals surface area contributed by atoms with Gasteiger partial charge in [-0.15, -0.1) is 0 Å². The maximum atomic E-state index is 10.7. The number of carbonyl (C=O) groups excluding carboxylic acids is 1. The molecule has 11 heavy (non-hydrogen) atoms. The first kappa shape index (κ1) is 8.05. The van der Waals surface area contributed by atoms with Crippen LogP contribution in [0.25, 0.3) is 0 Å². The molecule has 1 atom stereocenters. The Labute approximate surface area is 66.5 Å². The average Bonchev–Trinajstić information content (AvgIpc) is 2.09. The Kier molecular flexibility index (Phi) is 2.13. The normalized spacial score (nSPS) is 22.6. The van der Waals surface area contributed by atoms with Crippen LogP contribution in [-0.2, 0) is 9.53 Å². The fraction of sp³-hybridized carbons (Fsp3) is 0.444. The van der Waals surface area contributed by atoms with Crippen molar-refractivity contribution in [3.05, 3.63) is 23.3 Å². The SMILES string of the molecule is CC(C)=CC1=CC(=O)OC1C. The van der Waals surface area contributed by atoms with Gasteiger partial charge in [0.25, 0.3) is 0 Å². The van der Waals surface area contributed by atoms with Crippen LogP contribution in [0.5, 0.6) is 0 Å². The van der Waals surface area contributed by atoms with E-state index < -0.39 is 0 Å². The third kappa shape index (κ3) is 1.93. The van der Waals surface area contributed by atoms with Gasteiger partial charge in [-0.05, 0) is 26.3 Å². The number of ether oxygens (including phenoxy) is 1. The topological polar surface area (TPSA) is 26.3 Å². The number of hydrogen-bond acceptors (Lipinski definition) is 2. The molecule has 1 aliphatic rings. The molecule has 0 saturated heterocycles. The average molecular weight is 152 g/mol. The number of hydrogen-bond donors (Lipinski definition) is 0. The number of cyclic esters (lactones) is 1. The molecule has 2 nitrogen and oxygen atoms in total. The zero-order valence-corrected chi connectivity index (χ0v) is 7.05. The van der Waals surface area contributed by atoms with Crippen molar-refractivity contribution in [2.24, 2.45) is 0 Å². The summed E-state index contributed by atoms with van der Waals surface area (Å²) in [6.07, 6.45) is 3.44. The van der Waals surface area contributed by atoms with Crippen LogP contribution in [0.3, 0.4) is 0 Å². The molecule has 0 radical (unpaired) electrons. The Morgan fingerprint density at radius 1 is 1.64 bits per heavy atom. The Morgan fingerprint density at radius 3 is 2.64 bits per heavy atom. The van der Waals surface area contributed by atoms with Gasteiger partial charge in [0.2, 0.25) is 0 Å². The van der Waals surface area contributed by atoms with Crippen LogP contribution in [0.2, 0.25) is 0 Å². The standard InChI is InChI=1S/C9H12O2/c1-6(2)4-8-5-9(10)11-7(8)3/h4-5,7H,1-3H3. The predicted molar refractivity (Wildman–Crippen MR) is 43.1 cm³/mol. The van der Waals surface area contributed by atoms with Gasteiger partial charge in [-0.3, -0.25) is 0 Å². The van der Waals surface area contributed by atoms with Crippen molar-refractivity contribution < 1.29 is 9.53 Å². The quantitative estimate of drug-likeness (QED) is 0.536. The molecule has 0 fully saturated rings. The predicted octanol–water partition coefficient (Wildman–Crippen LogP) is 1.82. The van der Waals surface area contributed by atoms with Crippen molar-refractivity contribution in [1.82, 2.24) is 0 Å². The van der Waals surface area contributed by atoms with Gasteiger partial charge in [0.1, 0.15) is 6.10 Å².